The first-order valence-electron chi connectivity index (χ1n) is 6.74. The lowest BCUT2D eigenvalue weighted by atomic mass is 10.3. The fourth-order valence-corrected chi connectivity index (χ4v) is 2.32. The molecule has 0 aliphatic carbocycles. The van der Waals surface area contributed by atoms with Gasteiger partial charge in [-0.05, 0) is 12.1 Å². The molecule has 3 heterocycles. The molecule has 3 rings (SSSR count). The molecule has 0 aromatic carbocycles. The highest BCUT2D eigenvalue weighted by Gasteiger charge is 2.20. The summed E-state index contributed by atoms with van der Waals surface area (Å²) in [7, 11) is 0. The average molecular weight is 289 g/mol. The minimum absolute atomic E-state index is 0.0600. The number of hydrogen-bond acceptors (Lipinski definition) is 4. The lowest BCUT2D eigenvalue weighted by molar-refractivity contribution is -0.132. The molecule has 2 aromatic rings. The number of carbonyl (C=O) groups excluding carboxylic acids is 2. The Morgan fingerprint density at radius 3 is 2.95 bits per heavy atom. The number of aromatic nitrogens is 3. The van der Waals surface area contributed by atoms with Crippen molar-refractivity contribution >= 4 is 17.5 Å². The van der Waals surface area contributed by atoms with Crippen molar-refractivity contribution < 1.29 is 9.59 Å². The van der Waals surface area contributed by atoms with Crippen LogP contribution in [0.3, 0.4) is 0 Å². The van der Waals surface area contributed by atoms with Crippen LogP contribution in [0.15, 0.2) is 29.2 Å². The summed E-state index contributed by atoms with van der Waals surface area (Å²) < 4.78 is 2.54. The first-order valence-corrected chi connectivity index (χ1v) is 6.74. The van der Waals surface area contributed by atoms with E-state index >= 15 is 0 Å². The Bertz CT molecular complexity index is 748. The highest BCUT2D eigenvalue weighted by Crippen LogP contribution is 2.00. The largest absolute Gasteiger partial charge is 0.354 e. The van der Waals surface area contributed by atoms with Crippen LogP contribution in [0.5, 0.6) is 0 Å². The topological polar surface area (TPSA) is 88.7 Å². The number of rotatable bonds is 2. The van der Waals surface area contributed by atoms with Crippen LogP contribution < -0.4 is 11.0 Å². The molecular weight excluding hydrogens is 274 g/mol. The third kappa shape index (κ3) is 2.64. The SMILES string of the molecule is O=C1CCN(C(=O)Cn2nc3ccccn3c2=O)CCN1. The van der Waals surface area contributed by atoms with Gasteiger partial charge in [-0.3, -0.25) is 14.0 Å². The highest BCUT2D eigenvalue weighted by molar-refractivity contribution is 5.80. The van der Waals surface area contributed by atoms with Gasteiger partial charge in [-0.15, -0.1) is 5.10 Å². The van der Waals surface area contributed by atoms with E-state index < -0.39 is 0 Å². The third-order valence-electron chi connectivity index (χ3n) is 3.44. The van der Waals surface area contributed by atoms with Crippen LogP contribution in [0.2, 0.25) is 0 Å². The summed E-state index contributed by atoms with van der Waals surface area (Å²) in [6, 6.07) is 5.21. The number of pyridine rings is 1. The van der Waals surface area contributed by atoms with Crippen molar-refractivity contribution in [2.45, 2.75) is 13.0 Å². The lowest BCUT2D eigenvalue weighted by Crippen LogP contribution is -2.38. The van der Waals surface area contributed by atoms with Gasteiger partial charge < -0.3 is 10.2 Å². The number of nitrogens with one attached hydrogen (secondary N) is 1. The molecule has 21 heavy (non-hydrogen) atoms. The van der Waals surface area contributed by atoms with Crippen molar-refractivity contribution in [1.29, 1.82) is 0 Å². The predicted octanol–water partition coefficient (Wildman–Crippen LogP) is -1.16. The fourth-order valence-electron chi connectivity index (χ4n) is 2.32. The van der Waals surface area contributed by atoms with Gasteiger partial charge >= 0.3 is 5.69 Å². The zero-order chi connectivity index (χ0) is 14.8. The first-order chi connectivity index (χ1) is 10.1. The van der Waals surface area contributed by atoms with Crippen molar-refractivity contribution in [2.75, 3.05) is 19.6 Å². The van der Waals surface area contributed by atoms with Gasteiger partial charge in [0.15, 0.2) is 5.65 Å². The highest BCUT2D eigenvalue weighted by atomic mass is 16.2. The smallest absolute Gasteiger partial charge is 0.350 e. The van der Waals surface area contributed by atoms with Crippen LogP contribution in [-0.4, -0.2) is 50.5 Å². The summed E-state index contributed by atoms with van der Waals surface area (Å²) in [5.74, 6) is -0.271. The quantitative estimate of drug-likeness (QED) is 0.755. The molecule has 2 aromatic heterocycles. The maximum absolute atomic E-state index is 12.2. The summed E-state index contributed by atoms with van der Waals surface area (Å²) in [6.45, 7) is 1.14. The number of hydrogen-bond donors (Lipinski definition) is 1. The Morgan fingerprint density at radius 1 is 1.29 bits per heavy atom. The molecule has 0 atom stereocenters. The molecule has 8 nitrogen and oxygen atoms in total. The van der Waals surface area contributed by atoms with Gasteiger partial charge in [0.2, 0.25) is 11.8 Å². The van der Waals surface area contributed by atoms with E-state index in [0.717, 1.165) is 4.68 Å². The molecule has 0 bridgehead atoms. The molecule has 0 spiro atoms. The van der Waals surface area contributed by atoms with Crippen molar-refractivity contribution in [3.05, 3.63) is 34.9 Å². The molecule has 1 fully saturated rings. The molecule has 1 aliphatic heterocycles. The minimum atomic E-state index is -0.344. The molecule has 8 heteroatoms. The van der Waals surface area contributed by atoms with E-state index in [9.17, 15) is 14.4 Å². The molecule has 1 aliphatic rings. The predicted molar refractivity (Wildman–Crippen MR) is 73.7 cm³/mol. The number of amides is 2. The zero-order valence-electron chi connectivity index (χ0n) is 11.4. The van der Waals surface area contributed by atoms with E-state index in [1.54, 1.807) is 29.3 Å². The van der Waals surface area contributed by atoms with Gasteiger partial charge in [0, 0.05) is 32.3 Å². The van der Waals surface area contributed by atoms with E-state index in [4.69, 9.17) is 0 Å². The first kappa shape index (κ1) is 13.3. The maximum Gasteiger partial charge on any atom is 0.350 e. The van der Waals surface area contributed by atoms with Crippen molar-refractivity contribution in [3.63, 3.8) is 0 Å². The van der Waals surface area contributed by atoms with Crippen molar-refractivity contribution in [3.8, 4) is 0 Å². The molecule has 2 amide bonds. The Morgan fingerprint density at radius 2 is 2.14 bits per heavy atom. The second-order valence-corrected chi connectivity index (χ2v) is 4.85. The standard InChI is InChI=1S/C13H15N5O3/c19-11-4-7-16(8-5-14-11)12(20)9-18-13(21)17-6-2-1-3-10(17)15-18/h1-3,6H,4-5,7-9H2,(H,14,19). The second kappa shape index (κ2) is 5.39. The van der Waals surface area contributed by atoms with Crippen LogP contribution in [0.25, 0.3) is 5.65 Å². The van der Waals surface area contributed by atoms with Crippen molar-refractivity contribution in [1.82, 2.24) is 24.4 Å². The summed E-state index contributed by atoms with van der Waals surface area (Å²) in [5, 5.41) is 6.83. The minimum Gasteiger partial charge on any atom is -0.354 e. The van der Waals surface area contributed by atoms with Crippen LogP contribution in [0.4, 0.5) is 0 Å². The Balaban J connectivity index is 1.78. The van der Waals surface area contributed by atoms with Crippen LogP contribution in [0.1, 0.15) is 6.42 Å². The third-order valence-corrected chi connectivity index (χ3v) is 3.44. The normalized spacial score (nSPS) is 15.8. The monoisotopic (exact) mass is 289 g/mol. The Hall–Kier alpha value is -2.64. The molecular formula is C13H15N5O3. The van der Waals surface area contributed by atoms with E-state index in [-0.39, 0.29) is 30.5 Å². The Labute approximate surface area is 120 Å². The fraction of sp³-hybridized carbons (Fsp3) is 0.385. The second-order valence-electron chi connectivity index (χ2n) is 4.85. The van der Waals surface area contributed by atoms with Crippen LogP contribution >= 0.6 is 0 Å². The molecule has 110 valence electrons. The maximum atomic E-state index is 12.2. The lowest BCUT2D eigenvalue weighted by Gasteiger charge is -2.18. The van der Waals surface area contributed by atoms with Gasteiger partial charge in [-0.25, -0.2) is 9.48 Å². The molecule has 0 radical (unpaired) electrons. The summed E-state index contributed by atoms with van der Waals surface area (Å²) in [5.41, 5.74) is 0.158. The summed E-state index contributed by atoms with van der Waals surface area (Å²) >= 11 is 0. The van der Waals surface area contributed by atoms with Crippen LogP contribution in [-0.2, 0) is 16.1 Å². The van der Waals surface area contributed by atoms with Gasteiger partial charge in [-0.2, -0.15) is 0 Å². The van der Waals surface area contributed by atoms with E-state index in [1.807, 2.05) is 0 Å². The van der Waals surface area contributed by atoms with Crippen LogP contribution in [0, 0.1) is 0 Å². The zero-order valence-corrected chi connectivity index (χ0v) is 11.4. The van der Waals surface area contributed by atoms with Gasteiger partial charge in [0.1, 0.15) is 6.54 Å². The molecule has 1 N–H and O–H groups in total. The summed E-state index contributed by atoms with van der Waals surface area (Å²) in [6.07, 6.45) is 1.89. The number of nitrogens with zero attached hydrogens (tertiary/aromatic N) is 4. The van der Waals surface area contributed by atoms with Gasteiger partial charge in [-0.1, -0.05) is 6.07 Å². The van der Waals surface area contributed by atoms with E-state index in [0.29, 0.717) is 25.3 Å². The molecule has 0 unspecified atom stereocenters. The van der Waals surface area contributed by atoms with Crippen molar-refractivity contribution in [2.24, 2.45) is 0 Å². The summed E-state index contributed by atoms with van der Waals surface area (Å²) in [4.78, 5) is 37.2. The number of carbonyl (C=O) groups is 2. The van der Waals surface area contributed by atoms with E-state index in [1.165, 1.54) is 4.40 Å². The average Bonchev–Trinajstić information content (AvgIpc) is 2.65. The molecule has 0 saturated carbocycles. The van der Waals surface area contributed by atoms with Gasteiger partial charge in [0.25, 0.3) is 0 Å². The Kier molecular flexibility index (Phi) is 3.43. The van der Waals surface area contributed by atoms with Gasteiger partial charge in [0.05, 0.1) is 0 Å². The number of fused-ring (bicyclic) bond motifs is 1. The molecule has 1 saturated heterocycles. The van der Waals surface area contributed by atoms with E-state index in [2.05, 4.69) is 10.4 Å².